The minimum absolute atomic E-state index is 0.0303. The SMILES string of the molecule is C[C@]1(CCC(=O)O)C(=NO)CC[C@@H]2[C@@H]1CC[C@]1(C)C(=NO)CC[C@@H]21. The van der Waals surface area contributed by atoms with E-state index in [4.69, 9.17) is 5.11 Å². The lowest BCUT2D eigenvalue weighted by atomic mass is 9.49. The van der Waals surface area contributed by atoms with Crippen LogP contribution < -0.4 is 0 Å². The molecule has 134 valence electrons. The minimum Gasteiger partial charge on any atom is -0.481 e. The number of aliphatic carboxylic acids is 1. The number of hydrogen-bond acceptors (Lipinski definition) is 5. The summed E-state index contributed by atoms with van der Waals surface area (Å²) in [6.45, 7) is 4.31. The molecule has 6 heteroatoms. The van der Waals surface area contributed by atoms with E-state index in [0.29, 0.717) is 24.2 Å². The molecular weight excluding hydrogens is 308 g/mol. The lowest BCUT2D eigenvalue weighted by molar-refractivity contribution is -0.137. The third kappa shape index (κ3) is 2.42. The fourth-order valence-electron chi connectivity index (χ4n) is 6.10. The second-order valence-electron chi connectivity index (χ2n) is 8.31. The smallest absolute Gasteiger partial charge is 0.303 e. The average Bonchev–Trinajstić information content (AvgIpc) is 2.90. The van der Waals surface area contributed by atoms with Crippen molar-refractivity contribution in [3.05, 3.63) is 0 Å². The summed E-state index contributed by atoms with van der Waals surface area (Å²) in [5, 5.41) is 35.1. The summed E-state index contributed by atoms with van der Waals surface area (Å²) in [6, 6.07) is 0. The Labute approximate surface area is 142 Å². The van der Waals surface area contributed by atoms with Crippen LogP contribution in [0.15, 0.2) is 10.3 Å². The largest absolute Gasteiger partial charge is 0.481 e. The number of carboxylic acid groups (broad SMARTS) is 1. The molecule has 3 aliphatic rings. The Morgan fingerprint density at radius 3 is 2.38 bits per heavy atom. The lowest BCUT2D eigenvalue weighted by Gasteiger charge is -2.55. The molecule has 0 spiro atoms. The number of carboxylic acids is 1. The van der Waals surface area contributed by atoms with E-state index in [1.807, 2.05) is 0 Å². The molecule has 3 fully saturated rings. The summed E-state index contributed by atoms with van der Waals surface area (Å²) in [5.74, 6) is 0.498. The summed E-state index contributed by atoms with van der Waals surface area (Å²) in [4.78, 5) is 11.1. The molecule has 0 aromatic rings. The predicted octanol–water partition coefficient (Wildman–Crippen LogP) is 3.75. The van der Waals surface area contributed by atoms with E-state index in [1.54, 1.807) is 0 Å². The van der Waals surface area contributed by atoms with Gasteiger partial charge in [-0.25, -0.2) is 0 Å². The lowest BCUT2D eigenvalue weighted by Crippen LogP contribution is -2.52. The van der Waals surface area contributed by atoms with Crippen molar-refractivity contribution >= 4 is 17.4 Å². The van der Waals surface area contributed by atoms with Crippen LogP contribution in [0.3, 0.4) is 0 Å². The predicted molar refractivity (Wildman–Crippen MR) is 89.7 cm³/mol. The van der Waals surface area contributed by atoms with Gasteiger partial charge in [0, 0.05) is 17.3 Å². The first-order valence-electron chi connectivity index (χ1n) is 9.01. The van der Waals surface area contributed by atoms with Gasteiger partial charge in [-0.3, -0.25) is 4.79 Å². The van der Waals surface area contributed by atoms with Crippen LogP contribution in [0, 0.1) is 28.6 Å². The van der Waals surface area contributed by atoms with Crippen molar-refractivity contribution in [2.75, 3.05) is 0 Å². The normalized spacial score (nSPS) is 45.2. The average molecular weight is 336 g/mol. The molecule has 3 rings (SSSR count). The van der Waals surface area contributed by atoms with Crippen molar-refractivity contribution in [1.29, 1.82) is 0 Å². The van der Waals surface area contributed by atoms with E-state index in [1.165, 1.54) is 0 Å². The maximum atomic E-state index is 11.1. The van der Waals surface area contributed by atoms with E-state index in [0.717, 1.165) is 49.9 Å². The molecule has 5 atom stereocenters. The molecule has 3 aliphatic carbocycles. The van der Waals surface area contributed by atoms with Crippen LogP contribution in [0.4, 0.5) is 0 Å². The van der Waals surface area contributed by atoms with Gasteiger partial charge in [-0.15, -0.1) is 0 Å². The molecule has 0 radical (unpaired) electrons. The first kappa shape index (κ1) is 17.2. The Hall–Kier alpha value is -1.59. The number of nitrogens with zero attached hydrogens (tertiary/aromatic N) is 2. The van der Waals surface area contributed by atoms with Crippen LogP contribution in [0.1, 0.15) is 65.2 Å². The van der Waals surface area contributed by atoms with Crippen LogP contribution in [0.2, 0.25) is 0 Å². The monoisotopic (exact) mass is 336 g/mol. The Bertz CT molecular complexity index is 588. The first-order chi connectivity index (χ1) is 11.4. The number of carbonyl (C=O) groups is 1. The van der Waals surface area contributed by atoms with Gasteiger partial charge < -0.3 is 15.5 Å². The first-order valence-corrected chi connectivity index (χ1v) is 9.01. The van der Waals surface area contributed by atoms with Crippen molar-refractivity contribution in [1.82, 2.24) is 0 Å². The minimum atomic E-state index is -0.799. The molecule has 3 saturated carbocycles. The van der Waals surface area contributed by atoms with Crippen LogP contribution in [-0.4, -0.2) is 32.9 Å². The van der Waals surface area contributed by atoms with Crippen molar-refractivity contribution in [3.63, 3.8) is 0 Å². The number of hydrogen-bond donors (Lipinski definition) is 3. The summed E-state index contributed by atoms with van der Waals surface area (Å²) in [7, 11) is 0. The summed E-state index contributed by atoms with van der Waals surface area (Å²) in [6.07, 6.45) is 6.14. The summed E-state index contributed by atoms with van der Waals surface area (Å²) in [5.41, 5.74) is 1.32. The molecule has 24 heavy (non-hydrogen) atoms. The molecule has 0 aliphatic heterocycles. The van der Waals surface area contributed by atoms with Gasteiger partial charge in [0.25, 0.3) is 0 Å². The molecule has 0 saturated heterocycles. The molecule has 6 nitrogen and oxygen atoms in total. The zero-order chi connectivity index (χ0) is 17.5. The van der Waals surface area contributed by atoms with Crippen LogP contribution in [0.25, 0.3) is 0 Å². The van der Waals surface area contributed by atoms with Crippen molar-refractivity contribution < 1.29 is 20.3 Å². The Morgan fingerprint density at radius 2 is 1.75 bits per heavy atom. The van der Waals surface area contributed by atoms with Gasteiger partial charge in [0.1, 0.15) is 0 Å². The van der Waals surface area contributed by atoms with E-state index in [9.17, 15) is 15.2 Å². The highest BCUT2D eigenvalue weighted by Crippen LogP contribution is 2.62. The summed E-state index contributed by atoms with van der Waals surface area (Å²) >= 11 is 0. The third-order valence-corrected chi connectivity index (χ3v) is 7.47. The van der Waals surface area contributed by atoms with Gasteiger partial charge in [-0.05, 0) is 62.7 Å². The molecule has 3 N–H and O–H groups in total. The molecule has 0 amide bonds. The maximum Gasteiger partial charge on any atom is 0.303 e. The molecule has 0 bridgehead atoms. The van der Waals surface area contributed by atoms with E-state index >= 15 is 0 Å². The van der Waals surface area contributed by atoms with Gasteiger partial charge in [0.2, 0.25) is 0 Å². The van der Waals surface area contributed by atoms with E-state index < -0.39 is 5.97 Å². The van der Waals surface area contributed by atoms with Gasteiger partial charge in [0.05, 0.1) is 11.4 Å². The van der Waals surface area contributed by atoms with Crippen LogP contribution >= 0.6 is 0 Å². The third-order valence-electron chi connectivity index (χ3n) is 7.47. The zero-order valence-corrected chi connectivity index (χ0v) is 14.5. The Morgan fingerprint density at radius 1 is 1.08 bits per heavy atom. The quantitative estimate of drug-likeness (QED) is 0.539. The van der Waals surface area contributed by atoms with Gasteiger partial charge in [-0.2, -0.15) is 0 Å². The second kappa shape index (κ2) is 6.05. The standard InChI is InChI=1S/C18H28N2O4/c1-17-9-7-13-11(12(17)4-6-15(17)20-24)3-5-14(19-23)18(13,2)10-8-16(21)22/h11-13,23-24H,3-10H2,1-2H3,(H,21,22)/t11-,12-,13-,17-,18+/m0/s1. The molecule has 0 aromatic carbocycles. The Balaban J connectivity index is 1.91. The maximum absolute atomic E-state index is 11.1. The van der Waals surface area contributed by atoms with E-state index in [-0.39, 0.29) is 17.3 Å². The van der Waals surface area contributed by atoms with E-state index in [2.05, 4.69) is 24.2 Å². The van der Waals surface area contributed by atoms with Crippen molar-refractivity contribution in [3.8, 4) is 0 Å². The number of oxime groups is 2. The fraction of sp³-hybridized carbons (Fsp3) is 0.833. The molecule has 0 aromatic heterocycles. The van der Waals surface area contributed by atoms with Gasteiger partial charge in [0.15, 0.2) is 0 Å². The second-order valence-corrected chi connectivity index (χ2v) is 8.31. The highest BCUT2D eigenvalue weighted by atomic mass is 16.4. The van der Waals surface area contributed by atoms with Crippen LogP contribution in [0.5, 0.6) is 0 Å². The number of fused-ring (bicyclic) bond motifs is 3. The fourth-order valence-corrected chi connectivity index (χ4v) is 6.10. The zero-order valence-electron chi connectivity index (χ0n) is 14.5. The van der Waals surface area contributed by atoms with Crippen molar-refractivity contribution in [2.24, 2.45) is 38.9 Å². The highest BCUT2D eigenvalue weighted by Gasteiger charge is 2.58. The molecule has 0 heterocycles. The molecular formula is C18H28N2O4. The van der Waals surface area contributed by atoms with Gasteiger partial charge in [-0.1, -0.05) is 24.2 Å². The summed E-state index contributed by atoms with van der Waals surface area (Å²) < 4.78 is 0. The number of rotatable bonds is 3. The topological polar surface area (TPSA) is 102 Å². The molecule has 0 unspecified atom stereocenters. The van der Waals surface area contributed by atoms with Crippen LogP contribution in [-0.2, 0) is 4.79 Å². The highest BCUT2D eigenvalue weighted by molar-refractivity contribution is 5.93. The van der Waals surface area contributed by atoms with Gasteiger partial charge >= 0.3 is 5.97 Å². The Kier molecular flexibility index (Phi) is 4.34. The van der Waals surface area contributed by atoms with Crippen molar-refractivity contribution in [2.45, 2.75) is 65.2 Å².